The van der Waals surface area contributed by atoms with Crippen LogP contribution in [0.3, 0.4) is 0 Å². The summed E-state index contributed by atoms with van der Waals surface area (Å²) in [7, 11) is 0. The SMILES string of the molecule is CCCCCCCCCCCCCCCCCCC/C=C/CC/C=C/C(O)C(COC1OC(CO)C(O)C(O)C1O)NC(=O)CCCCCC. The highest BCUT2D eigenvalue weighted by Crippen LogP contribution is 2.22. The lowest BCUT2D eigenvalue weighted by molar-refractivity contribution is -0.302. The molecule has 0 saturated carbocycles. The van der Waals surface area contributed by atoms with Gasteiger partial charge in [-0.1, -0.05) is 160 Å². The van der Waals surface area contributed by atoms with Gasteiger partial charge in [0, 0.05) is 6.42 Å². The third kappa shape index (κ3) is 23.3. The van der Waals surface area contributed by atoms with Gasteiger partial charge < -0.3 is 40.3 Å². The molecule has 1 rings (SSSR count). The number of carbonyl (C=O) groups excluding carboxylic acids is 1. The number of amides is 1. The normalized spacial score (nSPS) is 22.4. The fraction of sp³-hybridized carbons (Fsp3) is 0.878. The number of aliphatic hydroxyl groups excluding tert-OH is 5. The summed E-state index contributed by atoms with van der Waals surface area (Å²) in [5.74, 6) is -0.205. The van der Waals surface area contributed by atoms with Crippen LogP contribution in [0.15, 0.2) is 24.3 Å². The third-order valence-electron chi connectivity index (χ3n) is 9.78. The summed E-state index contributed by atoms with van der Waals surface area (Å²) in [5, 5.41) is 53.6. The van der Waals surface area contributed by atoms with Crippen LogP contribution >= 0.6 is 0 Å². The highest BCUT2D eigenvalue weighted by atomic mass is 16.7. The van der Waals surface area contributed by atoms with E-state index < -0.39 is 49.5 Å². The first-order valence-electron chi connectivity index (χ1n) is 20.6. The molecule has 0 spiro atoms. The molecule has 6 N–H and O–H groups in total. The number of allylic oxidation sites excluding steroid dienone is 3. The average molecular weight is 712 g/mol. The van der Waals surface area contributed by atoms with E-state index in [1.54, 1.807) is 6.08 Å². The van der Waals surface area contributed by atoms with E-state index >= 15 is 0 Å². The minimum atomic E-state index is -1.57. The molecule has 9 nitrogen and oxygen atoms in total. The number of hydrogen-bond acceptors (Lipinski definition) is 8. The highest BCUT2D eigenvalue weighted by Gasteiger charge is 2.44. The van der Waals surface area contributed by atoms with E-state index in [-0.39, 0.29) is 12.5 Å². The summed E-state index contributed by atoms with van der Waals surface area (Å²) in [4.78, 5) is 12.6. The van der Waals surface area contributed by atoms with E-state index in [0.29, 0.717) is 6.42 Å². The maximum absolute atomic E-state index is 12.6. The number of rotatable bonds is 33. The number of hydrogen-bond donors (Lipinski definition) is 6. The molecular formula is C41H77NO8. The van der Waals surface area contributed by atoms with E-state index in [4.69, 9.17) is 9.47 Å². The smallest absolute Gasteiger partial charge is 0.220 e. The summed E-state index contributed by atoms with van der Waals surface area (Å²) < 4.78 is 11.1. The Morgan fingerprint density at radius 2 is 1.14 bits per heavy atom. The molecule has 0 aromatic carbocycles. The van der Waals surface area contributed by atoms with Crippen molar-refractivity contribution in [2.24, 2.45) is 0 Å². The van der Waals surface area contributed by atoms with Crippen molar-refractivity contribution in [1.82, 2.24) is 5.32 Å². The Hall–Kier alpha value is -1.33. The van der Waals surface area contributed by atoms with Crippen molar-refractivity contribution in [1.29, 1.82) is 0 Å². The molecule has 1 aliphatic rings. The van der Waals surface area contributed by atoms with Gasteiger partial charge in [0.15, 0.2) is 6.29 Å². The molecule has 1 fully saturated rings. The first-order valence-corrected chi connectivity index (χ1v) is 20.6. The third-order valence-corrected chi connectivity index (χ3v) is 9.78. The Kier molecular flexibility index (Phi) is 30.2. The standard InChI is InChI=1S/C41H77NO8/c1-3-5-7-9-10-11-12-13-14-15-16-17-18-19-20-21-22-23-24-25-26-27-28-30-35(44)34(42-37(45)31-29-8-6-4-2)33-49-41-40(48)39(47)38(46)36(32-43)50-41/h24-25,28,30,34-36,38-41,43-44,46-48H,3-23,26-27,29,31-33H2,1-2H3,(H,42,45)/b25-24+,30-28+. The Balaban J connectivity index is 2.24. The van der Waals surface area contributed by atoms with E-state index in [9.17, 15) is 30.3 Å². The van der Waals surface area contributed by atoms with E-state index in [0.717, 1.165) is 44.9 Å². The van der Waals surface area contributed by atoms with Crippen molar-refractivity contribution < 1.29 is 39.8 Å². The molecule has 0 aliphatic carbocycles. The zero-order chi connectivity index (χ0) is 36.7. The fourth-order valence-corrected chi connectivity index (χ4v) is 6.41. The van der Waals surface area contributed by atoms with Crippen LogP contribution in [0.1, 0.15) is 174 Å². The van der Waals surface area contributed by atoms with Crippen molar-refractivity contribution >= 4 is 5.91 Å². The van der Waals surface area contributed by atoms with Crippen molar-refractivity contribution in [3.8, 4) is 0 Å². The van der Waals surface area contributed by atoms with Crippen LogP contribution in [0.25, 0.3) is 0 Å². The topological polar surface area (TPSA) is 149 Å². The van der Waals surface area contributed by atoms with Crippen molar-refractivity contribution in [2.75, 3.05) is 13.2 Å². The molecular weight excluding hydrogens is 634 g/mol. The first kappa shape index (κ1) is 46.7. The van der Waals surface area contributed by atoms with Crippen LogP contribution in [-0.2, 0) is 14.3 Å². The average Bonchev–Trinajstić information content (AvgIpc) is 3.11. The van der Waals surface area contributed by atoms with Crippen LogP contribution in [0.2, 0.25) is 0 Å². The molecule has 9 heteroatoms. The lowest BCUT2D eigenvalue weighted by atomic mass is 9.99. The Labute approximate surface area is 305 Å². The van der Waals surface area contributed by atoms with E-state index in [1.807, 2.05) is 6.08 Å². The summed E-state index contributed by atoms with van der Waals surface area (Å²) in [6.07, 6.45) is 30.2. The summed E-state index contributed by atoms with van der Waals surface area (Å²) >= 11 is 0. The maximum atomic E-state index is 12.6. The second kappa shape index (κ2) is 32.3. The van der Waals surface area contributed by atoms with Crippen LogP contribution in [-0.4, -0.2) is 87.5 Å². The molecule has 1 aliphatic heterocycles. The molecule has 0 aromatic heterocycles. The van der Waals surface area contributed by atoms with Gasteiger partial charge in [-0.2, -0.15) is 0 Å². The molecule has 7 unspecified atom stereocenters. The summed E-state index contributed by atoms with van der Waals surface area (Å²) in [6.45, 7) is 3.62. The molecule has 0 aromatic rings. The van der Waals surface area contributed by atoms with Gasteiger partial charge in [0.2, 0.25) is 5.91 Å². The van der Waals surface area contributed by atoms with Gasteiger partial charge in [-0.25, -0.2) is 0 Å². The number of unbranched alkanes of at least 4 members (excludes halogenated alkanes) is 21. The quantitative estimate of drug-likeness (QED) is 0.0302. The second-order valence-electron chi connectivity index (χ2n) is 14.4. The molecule has 0 bridgehead atoms. The summed E-state index contributed by atoms with van der Waals surface area (Å²) in [5.41, 5.74) is 0. The predicted molar refractivity (Wildman–Crippen MR) is 203 cm³/mol. The molecule has 1 saturated heterocycles. The van der Waals surface area contributed by atoms with Crippen molar-refractivity contribution in [3.63, 3.8) is 0 Å². The number of aliphatic hydroxyl groups is 5. The van der Waals surface area contributed by atoms with E-state index in [1.165, 1.54) is 109 Å². The van der Waals surface area contributed by atoms with Gasteiger partial charge in [0.1, 0.15) is 24.4 Å². The highest BCUT2D eigenvalue weighted by molar-refractivity contribution is 5.76. The lowest BCUT2D eigenvalue weighted by Crippen LogP contribution is -2.60. The molecule has 1 amide bonds. The Bertz CT molecular complexity index is 837. The predicted octanol–water partition coefficient (Wildman–Crippen LogP) is 7.55. The molecule has 1 heterocycles. The Morgan fingerprint density at radius 3 is 1.68 bits per heavy atom. The molecule has 7 atom stereocenters. The largest absolute Gasteiger partial charge is 0.394 e. The fourth-order valence-electron chi connectivity index (χ4n) is 6.41. The van der Waals surface area contributed by atoms with Crippen LogP contribution in [0.5, 0.6) is 0 Å². The monoisotopic (exact) mass is 712 g/mol. The van der Waals surface area contributed by atoms with Crippen molar-refractivity contribution in [2.45, 2.75) is 217 Å². The zero-order valence-corrected chi connectivity index (χ0v) is 31.9. The van der Waals surface area contributed by atoms with Gasteiger partial charge in [0.25, 0.3) is 0 Å². The number of ether oxygens (including phenoxy) is 2. The van der Waals surface area contributed by atoms with Gasteiger partial charge >= 0.3 is 0 Å². The minimum Gasteiger partial charge on any atom is -0.394 e. The van der Waals surface area contributed by atoms with Crippen LogP contribution in [0.4, 0.5) is 0 Å². The summed E-state index contributed by atoms with van der Waals surface area (Å²) in [6, 6.07) is -0.812. The zero-order valence-electron chi connectivity index (χ0n) is 31.9. The first-order chi connectivity index (χ1) is 24.3. The Morgan fingerprint density at radius 1 is 0.660 bits per heavy atom. The number of carbonyl (C=O) groups is 1. The van der Waals surface area contributed by atoms with E-state index in [2.05, 4.69) is 31.3 Å². The lowest BCUT2D eigenvalue weighted by Gasteiger charge is -2.40. The van der Waals surface area contributed by atoms with Gasteiger partial charge in [-0.05, 0) is 32.1 Å². The second-order valence-corrected chi connectivity index (χ2v) is 14.4. The van der Waals surface area contributed by atoms with Crippen molar-refractivity contribution in [3.05, 3.63) is 24.3 Å². The minimum absolute atomic E-state index is 0.200. The molecule has 294 valence electrons. The molecule has 50 heavy (non-hydrogen) atoms. The van der Waals surface area contributed by atoms with Crippen LogP contribution < -0.4 is 5.32 Å². The maximum Gasteiger partial charge on any atom is 0.220 e. The number of nitrogens with one attached hydrogen (secondary N) is 1. The van der Waals surface area contributed by atoms with Gasteiger partial charge in [-0.3, -0.25) is 4.79 Å². The van der Waals surface area contributed by atoms with Crippen LogP contribution in [0, 0.1) is 0 Å². The van der Waals surface area contributed by atoms with Gasteiger partial charge in [0.05, 0.1) is 25.4 Å². The molecule has 0 radical (unpaired) electrons. The van der Waals surface area contributed by atoms with Gasteiger partial charge in [-0.15, -0.1) is 0 Å².